The Labute approximate surface area is 91.6 Å². The van der Waals surface area contributed by atoms with Gasteiger partial charge in [0.25, 0.3) is 0 Å². The topological polar surface area (TPSA) is 42.1 Å². The molecule has 15 heavy (non-hydrogen) atoms. The summed E-state index contributed by atoms with van der Waals surface area (Å²) >= 11 is 0. The number of nitrogens with zero attached hydrogens (tertiary/aromatic N) is 2. The van der Waals surface area contributed by atoms with Crippen LogP contribution in [0, 0.1) is 0 Å². The Kier molecular flexibility index (Phi) is 4.31. The van der Waals surface area contributed by atoms with Gasteiger partial charge in [0.15, 0.2) is 0 Å². The maximum Gasteiger partial charge on any atom is 0.129 e. The summed E-state index contributed by atoms with van der Waals surface area (Å²) in [5, 5.41) is 0. The van der Waals surface area contributed by atoms with Gasteiger partial charge in [-0.05, 0) is 26.0 Å². The highest BCUT2D eigenvalue weighted by atomic mass is 15.2. The summed E-state index contributed by atoms with van der Waals surface area (Å²) in [7, 11) is 0. The molecule has 0 amide bonds. The molecule has 0 bridgehead atoms. The predicted octanol–water partition coefficient (Wildman–Crippen LogP) is 1.94. The van der Waals surface area contributed by atoms with Gasteiger partial charge in [-0.25, -0.2) is 4.98 Å². The van der Waals surface area contributed by atoms with Crippen LogP contribution >= 0.6 is 0 Å². The van der Waals surface area contributed by atoms with Crippen molar-refractivity contribution in [1.82, 2.24) is 4.98 Å². The molecule has 0 spiro atoms. The van der Waals surface area contributed by atoms with Gasteiger partial charge in [0.2, 0.25) is 0 Å². The second-order valence-electron chi connectivity index (χ2n) is 3.66. The first-order valence-electron chi connectivity index (χ1n) is 5.22. The molecular weight excluding hydrogens is 186 g/mol. The van der Waals surface area contributed by atoms with Crippen LogP contribution in [0.1, 0.15) is 19.5 Å². The first kappa shape index (κ1) is 11.7. The summed E-state index contributed by atoms with van der Waals surface area (Å²) in [5.74, 6) is 0.975. The Morgan fingerprint density at radius 2 is 2.27 bits per heavy atom. The van der Waals surface area contributed by atoms with Gasteiger partial charge >= 0.3 is 0 Å². The van der Waals surface area contributed by atoms with Crippen LogP contribution in [-0.2, 0) is 6.54 Å². The fourth-order valence-electron chi connectivity index (χ4n) is 1.44. The van der Waals surface area contributed by atoms with E-state index in [0.717, 1.165) is 30.2 Å². The van der Waals surface area contributed by atoms with Crippen molar-refractivity contribution in [2.24, 2.45) is 5.73 Å². The van der Waals surface area contributed by atoms with E-state index in [-0.39, 0.29) is 0 Å². The van der Waals surface area contributed by atoms with Crippen molar-refractivity contribution < 1.29 is 0 Å². The fourth-order valence-corrected chi connectivity index (χ4v) is 1.44. The van der Waals surface area contributed by atoms with E-state index >= 15 is 0 Å². The lowest BCUT2D eigenvalue weighted by atomic mass is 10.3. The molecule has 0 atom stereocenters. The zero-order valence-corrected chi connectivity index (χ0v) is 9.53. The first-order chi connectivity index (χ1) is 7.17. The molecule has 0 fully saturated rings. The summed E-state index contributed by atoms with van der Waals surface area (Å²) in [4.78, 5) is 6.66. The minimum Gasteiger partial charge on any atom is -0.353 e. The van der Waals surface area contributed by atoms with Gasteiger partial charge in [0, 0.05) is 19.6 Å². The molecule has 2 N–H and O–H groups in total. The number of hydrogen-bond acceptors (Lipinski definition) is 3. The molecule has 1 aromatic heterocycles. The molecule has 82 valence electrons. The maximum atomic E-state index is 5.56. The van der Waals surface area contributed by atoms with E-state index in [2.05, 4.69) is 23.4 Å². The molecule has 3 heteroatoms. The minimum atomic E-state index is 0.485. The zero-order chi connectivity index (χ0) is 11.3. The van der Waals surface area contributed by atoms with Crippen LogP contribution in [0.5, 0.6) is 0 Å². The molecular formula is C12H19N3. The monoisotopic (exact) mass is 205 g/mol. The van der Waals surface area contributed by atoms with Gasteiger partial charge in [-0.2, -0.15) is 0 Å². The van der Waals surface area contributed by atoms with Crippen LogP contribution in [0.3, 0.4) is 0 Å². The van der Waals surface area contributed by atoms with Crippen LogP contribution in [-0.4, -0.2) is 18.1 Å². The van der Waals surface area contributed by atoms with E-state index in [1.54, 1.807) is 0 Å². The van der Waals surface area contributed by atoms with Crippen LogP contribution in [0.25, 0.3) is 0 Å². The van der Waals surface area contributed by atoms with Gasteiger partial charge in [-0.1, -0.05) is 18.2 Å². The quantitative estimate of drug-likeness (QED) is 0.747. The Morgan fingerprint density at radius 1 is 1.53 bits per heavy atom. The van der Waals surface area contributed by atoms with Gasteiger partial charge < -0.3 is 10.6 Å². The maximum absolute atomic E-state index is 5.56. The number of anilines is 1. The molecule has 0 aliphatic carbocycles. The Balaban J connectivity index is 2.85. The highest BCUT2D eigenvalue weighted by Gasteiger charge is 2.05. The van der Waals surface area contributed by atoms with E-state index in [4.69, 9.17) is 5.73 Å². The second-order valence-corrected chi connectivity index (χ2v) is 3.66. The molecule has 3 nitrogen and oxygen atoms in total. The van der Waals surface area contributed by atoms with Crippen molar-refractivity contribution in [3.8, 4) is 0 Å². The molecule has 0 aliphatic rings. The van der Waals surface area contributed by atoms with Crippen LogP contribution in [0.4, 0.5) is 5.82 Å². The highest BCUT2D eigenvalue weighted by molar-refractivity contribution is 5.40. The summed E-state index contributed by atoms with van der Waals surface area (Å²) in [6.45, 7) is 10.3. The summed E-state index contributed by atoms with van der Waals surface area (Å²) in [6, 6.07) is 5.94. The predicted molar refractivity (Wildman–Crippen MR) is 64.8 cm³/mol. The van der Waals surface area contributed by atoms with E-state index in [0.29, 0.717) is 6.54 Å². The van der Waals surface area contributed by atoms with Gasteiger partial charge in [0.05, 0.1) is 5.69 Å². The first-order valence-corrected chi connectivity index (χ1v) is 5.22. The number of likely N-dealkylation sites (N-methyl/N-ethyl adjacent to an activating group) is 1. The molecule has 0 radical (unpaired) electrons. The summed E-state index contributed by atoms with van der Waals surface area (Å²) in [5.41, 5.74) is 7.62. The van der Waals surface area contributed by atoms with Crippen LogP contribution < -0.4 is 10.6 Å². The normalized spacial score (nSPS) is 10.1. The third kappa shape index (κ3) is 3.36. The zero-order valence-electron chi connectivity index (χ0n) is 9.53. The van der Waals surface area contributed by atoms with Crippen molar-refractivity contribution in [3.05, 3.63) is 36.0 Å². The highest BCUT2D eigenvalue weighted by Crippen LogP contribution is 2.12. The Morgan fingerprint density at radius 3 is 2.80 bits per heavy atom. The van der Waals surface area contributed by atoms with Crippen molar-refractivity contribution in [2.75, 3.05) is 18.0 Å². The van der Waals surface area contributed by atoms with Crippen molar-refractivity contribution >= 4 is 5.82 Å². The van der Waals surface area contributed by atoms with E-state index < -0.39 is 0 Å². The minimum absolute atomic E-state index is 0.485. The SMILES string of the molecule is C=C(C)CN(CC)c1cccc(CN)n1. The van der Waals surface area contributed by atoms with Gasteiger partial charge in [-0.15, -0.1) is 0 Å². The van der Waals surface area contributed by atoms with Crippen molar-refractivity contribution in [2.45, 2.75) is 20.4 Å². The molecule has 0 aromatic carbocycles. The van der Waals surface area contributed by atoms with Crippen molar-refractivity contribution in [3.63, 3.8) is 0 Å². The van der Waals surface area contributed by atoms with Crippen LogP contribution in [0.15, 0.2) is 30.4 Å². The smallest absolute Gasteiger partial charge is 0.129 e. The molecule has 1 heterocycles. The number of nitrogens with two attached hydrogens (primary N) is 1. The van der Waals surface area contributed by atoms with Crippen molar-refractivity contribution in [1.29, 1.82) is 0 Å². The molecule has 0 saturated carbocycles. The lowest BCUT2D eigenvalue weighted by Crippen LogP contribution is -2.25. The van der Waals surface area contributed by atoms with E-state index in [1.807, 2.05) is 25.1 Å². The number of pyridine rings is 1. The summed E-state index contributed by atoms with van der Waals surface area (Å²) in [6.07, 6.45) is 0. The lowest BCUT2D eigenvalue weighted by molar-refractivity contribution is 0.846. The van der Waals surface area contributed by atoms with Crippen LogP contribution in [0.2, 0.25) is 0 Å². The average molecular weight is 205 g/mol. The second kappa shape index (κ2) is 5.51. The largest absolute Gasteiger partial charge is 0.353 e. The number of aromatic nitrogens is 1. The molecule has 0 unspecified atom stereocenters. The average Bonchev–Trinajstić information content (AvgIpc) is 2.25. The fraction of sp³-hybridized carbons (Fsp3) is 0.417. The molecule has 1 aromatic rings. The molecule has 1 rings (SSSR count). The third-order valence-corrected chi connectivity index (χ3v) is 2.17. The summed E-state index contributed by atoms with van der Waals surface area (Å²) < 4.78 is 0. The standard InChI is InChI=1S/C12H19N3/c1-4-15(9-10(2)3)12-7-5-6-11(8-13)14-12/h5-7H,2,4,8-9,13H2,1,3H3. The Bertz CT molecular complexity index is 333. The number of rotatable bonds is 5. The van der Waals surface area contributed by atoms with E-state index in [1.165, 1.54) is 0 Å². The molecule has 0 saturated heterocycles. The Hall–Kier alpha value is -1.35. The third-order valence-electron chi connectivity index (χ3n) is 2.17. The van der Waals surface area contributed by atoms with Gasteiger partial charge in [0.1, 0.15) is 5.82 Å². The van der Waals surface area contributed by atoms with Gasteiger partial charge in [-0.3, -0.25) is 0 Å². The molecule has 0 aliphatic heterocycles. The number of hydrogen-bond donors (Lipinski definition) is 1. The van der Waals surface area contributed by atoms with E-state index in [9.17, 15) is 0 Å². The lowest BCUT2D eigenvalue weighted by Gasteiger charge is -2.22.